The fraction of sp³-hybridized carbons (Fsp3) is 0.600. The van der Waals surface area contributed by atoms with Gasteiger partial charge in [-0.15, -0.1) is 0 Å². The Bertz CT molecular complexity index is 216. The lowest BCUT2D eigenvalue weighted by Crippen LogP contribution is -2.35. The monoisotopic (exact) mass is 181 g/mol. The molecule has 1 unspecified atom stereocenters. The van der Waals surface area contributed by atoms with Gasteiger partial charge in [-0.3, -0.25) is 0 Å². The lowest BCUT2D eigenvalue weighted by Gasteiger charge is -2.17. The van der Waals surface area contributed by atoms with Gasteiger partial charge in [-0.05, 0) is 33.2 Å². The Kier molecular flexibility index (Phi) is 3.99. The summed E-state index contributed by atoms with van der Waals surface area (Å²) in [6.45, 7) is 4.19. The predicted molar refractivity (Wildman–Crippen MR) is 55.6 cm³/mol. The molecule has 1 aromatic rings. The summed E-state index contributed by atoms with van der Waals surface area (Å²) in [5.74, 6) is 0. The van der Waals surface area contributed by atoms with Gasteiger partial charge in [-0.1, -0.05) is 0 Å². The Labute approximate surface area is 80.1 Å². The Morgan fingerprint density at radius 3 is 2.85 bits per heavy atom. The molecule has 74 valence electrons. The summed E-state index contributed by atoms with van der Waals surface area (Å²) < 4.78 is 0. The van der Waals surface area contributed by atoms with Crippen molar-refractivity contribution in [3.63, 3.8) is 0 Å². The van der Waals surface area contributed by atoms with Crippen molar-refractivity contribution in [1.82, 2.24) is 15.2 Å². The van der Waals surface area contributed by atoms with E-state index in [1.54, 1.807) is 0 Å². The molecule has 3 heteroatoms. The highest BCUT2D eigenvalue weighted by Gasteiger charge is 2.02. The SMILES string of the molecule is CC(CN(C)C)NCc1ccc[nH]1. The summed E-state index contributed by atoms with van der Waals surface area (Å²) in [6.07, 6.45) is 1.95. The molecule has 1 aromatic heterocycles. The van der Waals surface area contributed by atoms with Crippen molar-refractivity contribution in [2.45, 2.75) is 19.5 Å². The van der Waals surface area contributed by atoms with Crippen LogP contribution in [0.4, 0.5) is 0 Å². The van der Waals surface area contributed by atoms with Gasteiger partial charge in [0.25, 0.3) is 0 Å². The van der Waals surface area contributed by atoms with Crippen LogP contribution in [0.1, 0.15) is 12.6 Å². The maximum atomic E-state index is 3.44. The Hall–Kier alpha value is -0.800. The molecule has 1 rings (SSSR count). The van der Waals surface area contributed by atoms with E-state index < -0.39 is 0 Å². The first-order chi connectivity index (χ1) is 6.18. The van der Waals surface area contributed by atoms with E-state index in [4.69, 9.17) is 0 Å². The van der Waals surface area contributed by atoms with Crippen LogP contribution in [0.25, 0.3) is 0 Å². The van der Waals surface area contributed by atoms with Crippen molar-refractivity contribution >= 4 is 0 Å². The number of rotatable bonds is 5. The van der Waals surface area contributed by atoms with Gasteiger partial charge in [-0.25, -0.2) is 0 Å². The maximum Gasteiger partial charge on any atom is 0.0360 e. The quantitative estimate of drug-likeness (QED) is 0.711. The van der Waals surface area contributed by atoms with Crippen LogP contribution in [0, 0.1) is 0 Å². The number of hydrogen-bond acceptors (Lipinski definition) is 2. The number of hydrogen-bond donors (Lipinski definition) is 2. The second-order valence-corrected chi connectivity index (χ2v) is 3.74. The van der Waals surface area contributed by atoms with E-state index in [0.717, 1.165) is 13.1 Å². The highest BCUT2D eigenvalue weighted by atomic mass is 15.1. The molecule has 0 bridgehead atoms. The highest BCUT2D eigenvalue weighted by molar-refractivity contribution is 5.03. The first-order valence-electron chi connectivity index (χ1n) is 4.69. The number of nitrogens with one attached hydrogen (secondary N) is 2. The van der Waals surface area contributed by atoms with Crippen molar-refractivity contribution in [3.05, 3.63) is 24.0 Å². The third kappa shape index (κ3) is 4.10. The molecule has 0 amide bonds. The third-order valence-electron chi connectivity index (χ3n) is 1.94. The summed E-state index contributed by atoms with van der Waals surface area (Å²) in [6, 6.07) is 4.64. The first kappa shape index (κ1) is 10.3. The third-order valence-corrected chi connectivity index (χ3v) is 1.94. The van der Waals surface area contributed by atoms with Crippen LogP contribution >= 0.6 is 0 Å². The smallest absolute Gasteiger partial charge is 0.0360 e. The Balaban J connectivity index is 2.19. The molecule has 0 aromatic carbocycles. The molecule has 0 fully saturated rings. The summed E-state index contributed by atoms with van der Waals surface area (Å²) in [5, 5.41) is 3.44. The molecule has 2 N–H and O–H groups in total. The number of nitrogens with zero attached hydrogens (tertiary/aromatic N) is 1. The van der Waals surface area contributed by atoms with Crippen molar-refractivity contribution < 1.29 is 0 Å². The second-order valence-electron chi connectivity index (χ2n) is 3.74. The van der Waals surface area contributed by atoms with E-state index in [0.29, 0.717) is 6.04 Å². The zero-order valence-electron chi connectivity index (χ0n) is 8.67. The molecule has 3 nitrogen and oxygen atoms in total. The van der Waals surface area contributed by atoms with Gasteiger partial charge in [0, 0.05) is 31.0 Å². The van der Waals surface area contributed by atoms with Crippen LogP contribution in [-0.4, -0.2) is 36.6 Å². The largest absolute Gasteiger partial charge is 0.364 e. The van der Waals surface area contributed by atoms with E-state index in [1.165, 1.54) is 5.69 Å². The van der Waals surface area contributed by atoms with Crippen LogP contribution in [0.15, 0.2) is 18.3 Å². The number of likely N-dealkylation sites (N-methyl/N-ethyl adjacent to an activating group) is 1. The molecule has 0 spiro atoms. The number of aromatic amines is 1. The summed E-state index contributed by atoms with van der Waals surface area (Å²) >= 11 is 0. The molecule has 13 heavy (non-hydrogen) atoms. The van der Waals surface area contributed by atoms with Crippen molar-refractivity contribution in [2.24, 2.45) is 0 Å². The molecule has 0 saturated heterocycles. The molecule has 0 aliphatic heterocycles. The van der Waals surface area contributed by atoms with E-state index in [2.05, 4.69) is 42.3 Å². The fourth-order valence-corrected chi connectivity index (χ4v) is 1.37. The van der Waals surface area contributed by atoms with Crippen molar-refractivity contribution in [3.8, 4) is 0 Å². The van der Waals surface area contributed by atoms with E-state index in [9.17, 15) is 0 Å². The van der Waals surface area contributed by atoms with Crippen LogP contribution in [0.5, 0.6) is 0 Å². The minimum Gasteiger partial charge on any atom is -0.364 e. The molecule has 0 saturated carbocycles. The van der Waals surface area contributed by atoms with E-state index >= 15 is 0 Å². The molecule has 1 heterocycles. The first-order valence-corrected chi connectivity index (χ1v) is 4.69. The highest BCUT2D eigenvalue weighted by Crippen LogP contribution is 1.94. The average molecular weight is 181 g/mol. The van der Waals surface area contributed by atoms with E-state index in [-0.39, 0.29) is 0 Å². The van der Waals surface area contributed by atoms with Crippen LogP contribution < -0.4 is 5.32 Å². The summed E-state index contributed by atoms with van der Waals surface area (Å²) in [4.78, 5) is 5.36. The number of aromatic nitrogens is 1. The fourth-order valence-electron chi connectivity index (χ4n) is 1.37. The zero-order valence-corrected chi connectivity index (χ0v) is 8.67. The Morgan fingerprint density at radius 2 is 2.31 bits per heavy atom. The molecule has 1 atom stereocenters. The zero-order chi connectivity index (χ0) is 9.68. The van der Waals surface area contributed by atoms with Crippen molar-refractivity contribution in [2.75, 3.05) is 20.6 Å². The summed E-state index contributed by atoms with van der Waals surface area (Å²) in [7, 11) is 4.18. The van der Waals surface area contributed by atoms with Gasteiger partial charge in [0.05, 0.1) is 0 Å². The maximum absolute atomic E-state index is 3.44. The van der Waals surface area contributed by atoms with Gasteiger partial charge in [-0.2, -0.15) is 0 Å². The molecule has 0 radical (unpaired) electrons. The number of H-pyrrole nitrogens is 1. The van der Waals surface area contributed by atoms with Gasteiger partial charge >= 0.3 is 0 Å². The molecule has 0 aliphatic rings. The lowest BCUT2D eigenvalue weighted by molar-refractivity contribution is 0.348. The average Bonchev–Trinajstić information content (AvgIpc) is 2.51. The van der Waals surface area contributed by atoms with Crippen LogP contribution in [0.2, 0.25) is 0 Å². The minimum atomic E-state index is 0.526. The predicted octanol–water partition coefficient (Wildman–Crippen LogP) is 1.05. The molecule has 0 aliphatic carbocycles. The lowest BCUT2D eigenvalue weighted by atomic mass is 10.3. The van der Waals surface area contributed by atoms with Crippen LogP contribution in [0.3, 0.4) is 0 Å². The normalized spacial score (nSPS) is 13.5. The van der Waals surface area contributed by atoms with Gasteiger partial charge in [0.2, 0.25) is 0 Å². The molecular formula is C10H19N3. The molecular weight excluding hydrogens is 162 g/mol. The second kappa shape index (κ2) is 5.04. The summed E-state index contributed by atoms with van der Waals surface area (Å²) in [5.41, 5.74) is 1.24. The van der Waals surface area contributed by atoms with Crippen molar-refractivity contribution in [1.29, 1.82) is 0 Å². The van der Waals surface area contributed by atoms with Gasteiger partial charge < -0.3 is 15.2 Å². The standard InChI is InChI=1S/C10H19N3/c1-9(8-13(2)3)12-7-10-5-4-6-11-10/h4-6,9,11-12H,7-8H2,1-3H3. The minimum absolute atomic E-state index is 0.526. The van der Waals surface area contributed by atoms with Gasteiger partial charge in [0.15, 0.2) is 0 Å². The Morgan fingerprint density at radius 1 is 1.54 bits per heavy atom. The van der Waals surface area contributed by atoms with Gasteiger partial charge in [0.1, 0.15) is 0 Å². The van der Waals surface area contributed by atoms with Crippen LogP contribution in [-0.2, 0) is 6.54 Å². The van der Waals surface area contributed by atoms with E-state index in [1.807, 2.05) is 12.3 Å². The topological polar surface area (TPSA) is 31.1 Å².